The van der Waals surface area contributed by atoms with E-state index in [2.05, 4.69) is 13.8 Å². The first-order valence-corrected chi connectivity index (χ1v) is 25.3. The van der Waals surface area contributed by atoms with Crippen molar-refractivity contribution < 1.29 is 97.8 Å². The highest BCUT2D eigenvalue weighted by Gasteiger charge is 2.70. The van der Waals surface area contributed by atoms with Crippen molar-refractivity contribution in [2.45, 2.75) is 234 Å². The number of aliphatic hydroxyl groups is 8. The van der Waals surface area contributed by atoms with Crippen molar-refractivity contribution in [3.05, 3.63) is 11.6 Å². The SMILES string of the molecule is CC(=O)O[C@H]1C[C@H](O[C@H]2[C@@H](O)C[C@H](O[C@H]3[C@@H](O)C[C@H](O[C@H]4CC[C@@]5(C)C(CCC6[C@@H]5CC[C@]5(C)[C@@H](C7=CC(=O)OC7)[C@@H](O)C[C@]65O)C4)O[C@@H]3C)O[C@@H]2C)O[C@H](C)[C@H]1O[C@H]1O[C@H](CO)[C@@H](O)[C@H](O)[C@H]1O. The summed E-state index contributed by atoms with van der Waals surface area (Å²) in [6.07, 6.45) is -10.8. The number of hydrogen-bond donors (Lipinski definition) is 8. The molecule has 9 rings (SSSR count). The number of fused-ring (bicyclic) bond motifs is 5. The van der Waals surface area contributed by atoms with E-state index >= 15 is 0 Å². The zero-order chi connectivity index (χ0) is 49.5. The molecule has 9 aliphatic rings. The molecule has 392 valence electrons. The Balaban J connectivity index is 0.749. The normalized spacial score (nSPS) is 53.3. The molecule has 8 fully saturated rings. The van der Waals surface area contributed by atoms with Gasteiger partial charge in [0.1, 0.15) is 55.4 Å². The van der Waals surface area contributed by atoms with E-state index in [1.807, 2.05) is 6.92 Å². The van der Waals surface area contributed by atoms with Crippen molar-refractivity contribution in [1.82, 2.24) is 0 Å². The summed E-state index contributed by atoms with van der Waals surface area (Å²) in [6.45, 7) is 10.4. The van der Waals surface area contributed by atoms with Crippen LogP contribution in [-0.2, 0) is 57.0 Å². The lowest BCUT2D eigenvalue weighted by Gasteiger charge is -2.63. The minimum absolute atomic E-state index is 0.000687. The van der Waals surface area contributed by atoms with Gasteiger partial charge in [0.2, 0.25) is 0 Å². The molecule has 5 heterocycles. The summed E-state index contributed by atoms with van der Waals surface area (Å²) in [4.78, 5) is 24.2. The van der Waals surface area contributed by atoms with Gasteiger partial charge >= 0.3 is 11.9 Å². The van der Waals surface area contributed by atoms with E-state index in [1.54, 1.807) is 13.8 Å². The van der Waals surface area contributed by atoms with Gasteiger partial charge in [0.05, 0.1) is 54.9 Å². The standard InChI is InChI=1S/C49H76O20/c1-21-43(67-37-16-31(53)44(22(2)62-37)68-38-17-33(64-24(4)51)45(23(3)63-38)69-46-42(58)41(57)40(56)34(19-50)66-46)30(52)15-36(61-21)65-27-9-11-47(5)26(14-27)7-8-29-28(47)10-12-48(6)39(25-13-35(55)60-20-25)32(54)18-49(29,48)59/h13,21-23,26-34,36-46,50,52-54,56-59H,7-12,14-20H2,1-6H3/t21-,22-,23-,26?,27+,28+,29?,30+,31+,32+,33+,34-,36+,37+,38+,39+,40-,41+,42-,43-,44-,45-,46-,47+,48-,49+/m1/s1. The molecule has 0 bridgehead atoms. The molecule has 4 saturated carbocycles. The van der Waals surface area contributed by atoms with E-state index in [0.29, 0.717) is 18.3 Å². The third kappa shape index (κ3) is 9.59. The van der Waals surface area contributed by atoms with Gasteiger partial charge in [-0.15, -0.1) is 0 Å². The maximum absolute atomic E-state index is 12.6. The molecule has 4 saturated heterocycles. The highest BCUT2D eigenvalue weighted by atomic mass is 16.8. The van der Waals surface area contributed by atoms with Crippen molar-refractivity contribution in [2.75, 3.05) is 13.2 Å². The van der Waals surface area contributed by atoms with Crippen molar-refractivity contribution >= 4 is 11.9 Å². The molecule has 0 radical (unpaired) electrons. The van der Waals surface area contributed by atoms with Crippen molar-refractivity contribution in [1.29, 1.82) is 0 Å². The Hall–Kier alpha value is -1.96. The Morgan fingerprint density at radius 3 is 1.93 bits per heavy atom. The van der Waals surface area contributed by atoms with Crippen LogP contribution in [0, 0.1) is 34.5 Å². The number of esters is 2. The zero-order valence-corrected chi connectivity index (χ0v) is 40.5. The van der Waals surface area contributed by atoms with Gasteiger partial charge in [-0.25, -0.2) is 4.79 Å². The zero-order valence-electron chi connectivity index (χ0n) is 40.5. The Labute approximate surface area is 402 Å². The summed E-state index contributed by atoms with van der Waals surface area (Å²) in [5, 5.41) is 87.5. The third-order valence-electron chi connectivity index (χ3n) is 18.2. The first-order chi connectivity index (χ1) is 32.6. The van der Waals surface area contributed by atoms with Crippen molar-refractivity contribution in [3.8, 4) is 0 Å². The summed E-state index contributed by atoms with van der Waals surface area (Å²) in [6, 6.07) is 0. The highest BCUT2D eigenvalue weighted by Crippen LogP contribution is 2.70. The van der Waals surface area contributed by atoms with Crippen LogP contribution in [0.2, 0.25) is 0 Å². The molecular weight excluding hydrogens is 909 g/mol. The fraction of sp³-hybridized carbons (Fsp3) is 0.918. The molecule has 5 aliphatic heterocycles. The van der Waals surface area contributed by atoms with Crippen LogP contribution in [0.4, 0.5) is 0 Å². The van der Waals surface area contributed by atoms with Gasteiger partial charge in [0.25, 0.3) is 0 Å². The van der Waals surface area contributed by atoms with Crippen LogP contribution in [0.3, 0.4) is 0 Å². The van der Waals surface area contributed by atoms with E-state index in [0.717, 1.165) is 50.5 Å². The first kappa shape index (κ1) is 51.9. The largest absolute Gasteiger partial charge is 0.459 e. The van der Waals surface area contributed by atoms with Crippen molar-refractivity contribution in [3.63, 3.8) is 0 Å². The van der Waals surface area contributed by atoms with E-state index in [4.69, 9.17) is 47.4 Å². The van der Waals surface area contributed by atoms with E-state index in [-0.39, 0.29) is 55.2 Å². The Kier molecular flexibility index (Phi) is 15.1. The molecule has 4 aliphatic carbocycles. The quantitative estimate of drug-likeness (QED) is 0.104. The van der Waals surface area contributed by atoms with Gasteiger partial charge in [-0.05, 0) is 94.5 Å². The molecule has 2 unspecified atom stereocenters. The predicted molar refractivity (Wildman–Crippen MR) is 235 cm³/mol. The number of carbonyl (C=O) groups is 2. The number of hydrogen-bond acceptors (Lipinski definition) is 20. The molecule has 26 atom stereocenters. The van der Waals surface area contributed by atoms with E-state index in [1.165, 1.54) is 13.0 Å². The second-order valence-corrected chi connectivity index (χ2v) is 22.3. The summed E-state index contributed by atoms with van der Waals surface area (Å²) < 4.78 is 60.1. The van der Waals surface area contributed by atoms with Crippen LogP contribution in [0.15, 0.2) is 11.6 Å². The number of ether oxygens (including phenoxy) is 10. The first-order valence-electron chi connectivity index (χ1n) is 25.3. The Bertz CT molecular complexity index is 1850. The molecule has 0 spiro atoms. The summed E-state index contributed by atoms with van der Waals surface area (Å²) in [7, 11) is 0. The average molecular weight is 985 g/mol. The van der Waals surface area contributed by atoms with Gasteiger partial charge in [0, 0.05) is 50.0 Å². The molecule has 0 aromatic carbocycles. The van der Waals surface area contributed by atoms with Crippen LogP contribution >= 0.6 is 0 Å². The fourth-order valence-corrected chi connectivity index (χ4v) is 14.7. The van der Waals surface area contributed by atoms with Gasteiger partial charge in [0.15, 0.2) is 25.2 Å². The topological polar surface area (TPSA) is 288 Å². The predicted octanol–water partition coefficient (Wildman–Crippen LogP) is 0.613. The van der Waals surface area contributed by atoms with Gasteiger partial charge in [-0.3, -0.25) is 4.79 Å². The minimum atomic E-state index is -1.68. The monoisotopic (exact) mass is 984 g/mol. The van der Waals surface area contributed by atoms with Gasteiger partial charge in [-0.1, -0.05) is 13.8 Å². The lowest BCUT2D eigenvalue weighted by atomic mass is 9.43. The lowest BCUT2D eigenvalue weighted by molar-refractivity contribution is -0.355. The van der Waals surface area contributed by atoms with Crippen LogP contribution in [-0.4, -0.2) is 188 Å². The summed E-state index contributed by atoms with van der Waals surface area (Å²) in [5.41, 5.74) is -0.809. The highest BCUT2D eigenvalue weighted by molar-refractivity contribution is 5.85. The molecule has 69 heavy (non-hydrogen) atoms. The average Bonchev–Trinajstić information content (AvgIpc) is 3.79. The summed E-state index contributed by atoms with van der Waals surface area (Å²) in [5.74, 6) is -0.609. The Morgan fingerprint density at radius 1 is 0.710 bits per heavy atom. The lowest BCUT2D eigenvalue weighted by Crippen LogP contribution is -2.62. The molecule has 20 nitrogen and oxygen atoms in total. The number of aliphatic hydroxyl groups excluding tert-OH is 7. The van der Waals surface area contributed by atoms with Gasteiger partial charge in [-0.2, -0.15) is 0 Å². The van der Waals surface area contributed by atoms with Gasteiger partial charge < -0.3 is 88.2 Å². The molecule has 8 N–H and O–H groups in total. The maximum Gasteiger partial charge on any atom is 0.331 e. The second-order valence-electron chi connectivity index (χ2n) is 22.3. The summed E-state index contributed by atoms with van der Waals surface area (Å²) >= 11 is 0. The molecule has 0 aromatic rings. The molecule has 0 aromatic heterocycles. The molecule has 20 heteroatoms. The number of carbonyl (C=O) groups excluding carboxylic acids is 2. The maximum atomic E-state index is 12.6. The third-order valence-corrected chi connectivity index (χ3v) is 18.2. The van der Waals surface area contributed by atoms with Crippen molar-refractivity contribution in [2.24, 2.45) is 34.5 Å². The van der Waals surface area contributed by atoms with E-state index < -0.39 is 134 Å². The smallest absolute Gasteiger partial charge is 0.331 e. The number of cyclic esters (lactones) is 1. The molecule has 0 amide bonds. The van der Waals surface area contributed by atoms with Crippen LogP contribution in [0.1, 0.15) is 112 Å². The number of rotatable bonds is 11. The van der Waals surface area contributed by atoms with Crippen LogP contribution < -0.4 is 0 Å². The van der Waals surface area contributed by atoms with E-state index in [9.17, 15) is 50.4 Å². The van der Waals surface area contributed by atoms with Crippen LogP contribution in [0.25, 0.3) is 0 Å². The minimum Gasteiger partial charge on any atom is -0.459 e. The molecular formula is C49H76O20. The van der Waals surface area contributed by atoms with Crippen LogP contribution in [0.5, 0.6) is 0 Å². The Morgan fingerprint density at radius 2 is 1.33 bits per heavy atom. The fourth-order valence-electron chi connectivity index (χ4n) is 14.7. The second kappa shape index (κ2) is 20.0.